The average Bonchev–Trinajstić information content (AvgIpc) is 2.35. The molecule has 0 aliphatic carbocycles. The van der Waals surface area contributed by atoms with Crippen LogP contribution in [0.4, 0.5) is 5.69 Å². The molecule has 0 saturated carbocycles. The number of benzene rings is 1. The van der Waals surface area contributed by atoms with Crippen molar-refractivity contribution in [3.8, 4) is 5.75 Å². The molecule has 0 saturated heterocycles. The summed E-state index contributed by atoms with van der Waals surface area (Å²) in [7, 11) is 1.61. The molecule has 1 unspecified atom stereocenters. The molecule has 1 amide bonds. The molecule has 0 spiro atoms. The van der Waals surface area contributed by atoms with Crippen LogP contribution < -0.4 is 15.8 Å². The Morgan fingerprint density at radius 3 is 2.75 bits per heavy atom. The van der Waals surface area contributed by atoms with E-state index < -0.39 is 16.9 Å². The fourth-order valence-electron chi connectivity index (χ4n) is 1.74. The maximum Gasteiger partial charge on any atom is 0.312 e. The first kappa shape index (κ1) is 16.4. The van der Waals surface area contributed by atoms with E-state index in [1.807, 2.05) is 0 Å². The van der Waals surface area contributed by atoms with E-state index in [-0.39, 0.29) is 18.0 Å². The quantitative estimate of drug-likeness (QED) is 0.575. The van der Waals surface area contributed by atoms with Crippen molar-refractivity contribution in [1.29, 1.82) is 0 Å². The maximum atomic E-state index is 11.0. The van der Waals surface area contributed by atoms with Gasteiger partial charge in [-0.15, -0.1) is 0 Å². The lowest BCUT2D eigenvalue weighted by atomic mass is 10.2. The zero-order chi connectivity index (χ0) is 15.3. The van der Waals surface area contributed by atoms with E-state index in [9.17, 15) is 14.9 Å². The molecular formula is C12H16BrN3O4. The summed E-state index contributed by atoms with van der Waals surface area (Å²) in [6.07, 6.45) is 0.332. The fourth-order valence-corrected chi connectivity index (χ4v) is 2.30. The Kier molecular flexibility index (Phi) is 5.90. The Bertz CT molecular complexity index is 522. The number of ether oxygens (including phenoxy) is 1. The average molecular weight is 346 g/mol. The van der Waals surface area contributed by atoms with Crippen LogP contribution in [0.3, 0.4) is 0 Å². The second-order valence-corrected chi connectivity index (χ2v) is 5.12. The first-order valence-electron chi connectivity index (χ1n) is 5.90. The minimum absolute atomic E-state index is 0.114. The van der Waals surface area contributed by atoms with Crippen molar-refractivity contribution in [2.45, 2.75) is 19.4 Å². The molecule has 1 rings (SSSR count). The van der Waals surface area contributed by atoms with Crippen molar-refractivity contribution in [2.75, 3.05) is 13.7 Å². The number of nitro benzene ring substituents is 1. The zero-order valence-corrected chi connectivity index (χ0v) is 12.8. The number of aryl methyl sites for hydroxylation is 1. The third kappa shape index (κ3) is 4.17. The van der Waals surface area contributed by atoms with Crippen LogP contribution in [0.5, 0.6) is 5.75 Å². The lowest BCUT2D eigenvalue weighted by Gasteiger charge is -2.14. The summed E-state index contributed by atoms with van der Waals surface area (Å²) < 4.78 is 6.07. The minimum Gasteiger partial charge on any atom is -0.487 e. The van der Waals surface area contributed by atoms with Gasteiger partial charge in [0.1, 0.15) is 0 Å². The number of halogens is 1. The number of amides is 1. The van der Waals surface area contributed by atoms with Crippen molar-refractivity contribution in [3.05, 3.63) is 32.3 Å². The second-order valence-electron chi connectivity index (χ2n) is 4.21. The van der Waals surface area contributed by atoms with Crippen LogP contribution in [0.25, 0.3) is 0 Å². The van der Waals surface area contributed by atoms with E-state index in [1.54, 1.807) is 20.0 Å². The summed E-state index contributed by atoms with van der Waals surface area (Å²) in [4.78, 5) is 21.6. The molecule has 1 aromatic rings. The number of nitrogens with one attached hydrogen (secondary N) is 1. The number of carbonyl (C=O) groups excluding carboxylic acids is 1. The normalized spacial score (nSPS) is 11.9. The monoisotopic (exact) mass is 345 g/mol. The van der Waals surface area contributed by atoms with Gasteiger partial charge in [-0.3, -0.25) is 14.9 Å². The number of likely N-dealkylation sites (N-methyl/N-ethyl adjacent to an activating group) is 1. The summed E-state index contributed by atoms with van der Waals surface area (Å²) in [6, 6.07) is 2.59. The summed E-state index contributed by atoms with van der Waals surface area (Å²) in [5, 5.41) is 13.8. The maximum absolute atomic E-state index is 11.0. The molecule has 0 heterocycles. The van der Waals surface area contributed by atoms with Crippen molar-refractivity contribution < 1.29 is 14.5 Å². The van der Waals surface area contributed by atoms with Crippen LogP contribution in [0.1, 0.15) is 12.0 Å². The number of nitro groups is 1. The predicted octanol–water partition coefficient (Wildman–Crippen LogP) is 1.51. The van der Waals surface area contributed by atoms with Gasteiger partial charge in [0.05, 0.1) is 17.6 Å². The molecular weight excluding hydrogens is 330 g/mol. The SMILES string of the molecule is CNC(CCOc1c(C)cc(Br)cc1[N+](=O)[O-])C(N)=O. The van der Waals surface area contributed by atoms with Gasteiger partial charge in [0, 0.05) is 17.0 Å². The van der Waals surface area contributed by atoms with Crippen LogP contribution >= 0.6 is 15.9 Å². The molecule has 3 N–H and O–H groups in total. The molecule has 0 radical (unpaired) electrons. The van der Waals surface area contributed by atoms with E-state index in [0.717, 1.165) is 0 Å². The standard InChI is InChI=1S/C12H16BrN3O4/c1-7-5-8(13)6-10(16(18)19)11(7)20-4-3-9(15-2)12(14)17/h5-6,9,15H,3-4H2,1-2H3,(H2,14,17). The number of hydrogen-bond donors (Lipinski definition) is 2. The summed E-state index contributed by atoms with van der Waals surface area (Å²) >= 11 is 3.21. The molecule has 0 aliphatic heterocycles. The van der Waals surface area contributed by atoms with Crippen molar-refractivity contribution in [1.82, 2.24) is 5.32 Å². The van der Waals surface area contributed by atoms with Gasteiger partial charge >= 0.3 is 5.69 Å². The smallest absolute Gasteiger partial charge is 0.312 e. The largest absolute Gasteiger partial charge is 0.487 e. The zero-order valence-electron chi connectivity index (χ0n) is 11.2. The molecule has 0 bridgehead atoms. The minimum atomic E-state index is -0.523. The number of nitrogens with two attached hydrogens (primary N) is 1. The highest BCUT2D eigenvalue weighted by atomic mass is 79.9. The van der Waals surface area contributed by atoms with Crippen LogP contribution in [-0.2, 0) is 4.79 Å². The van der Waals surface area contributed by atoms with Crippen molar-refractivity contribution in [2.24, 2.45) is 5.73 Å². The molecule has 20 heavy (non-hydrogen) atoms. The van der Waals surface area contributed by atoms with Gasteiger partial charge in [0.2, 0.25) is 5.91 Å². The summed E-state index contributed by atoms with van der Waals surface area (Å²) in [6.45, 7) is 1.87. The van der Waals surface area contributed by atoms with E-state index in [0.29, 0.717) is 16.5 Å². The van der Waals surface area contributed by atoms with Gasteiger partial charge < -0.3 is 15.8 Å². The Hall–Kier alpha value is -1.67. The molecule has 110 valence electrons. The molecule has 1 atom stereocenters. The molecule has 1 aromatic carbocycles. The summed E-state index contributed by atoms with van der Waals surface area (Å²) in [5.41, 5.74) is 5.71. The summed E-state index contributed by atoms with van der Waals surface area (Å²) in [5.74, 6) is -0.282. The van der Waals surface area contributed by atoms with E-state index in [4.69, 9.17) is 10.5 Å². The first-order chi connectivity index (χ1) is 9.36. The highest BCUT2D eigenvalue weighted by Gasteiger charge is 2.20. The van der Waals surface area contributed by atoms with E-state index in [2.05, 4.69) is 21.2 Å². The van der Waals surface area contributed by atoms with Crippen molar-refractivity contribution >= 4 is 27.5 Å². The third-order valence-electron chi connectivity index (χ3n) is 2.76. The van der Waals surface area contributed by atoms with Crippen LogP contribution in [0, 0.1) is 17.0 Å². The number of primary amides is 1. The Balaban J connectivity index is 2.82. The Morgan fingerprint density at radius 1 is 1.60 bits per heavy atom. The lowest BCUT2D eigenvalue weighted by Crippen LogP contribution is -2.40. The van der Waals surface area contributed by atoms with Crippen LogP contribution in [-0.4, -0.2) is 30.5 Å². The van der Waals surface area contributed by atoms with Gasteiger partial charge in [0.15, 0.2) is 5.75 Å². The van der Waals surface area contributed by atoms with Gasteiger partial charge in [-0.1, -0.05) is 15.9 Å². The van der Waals surface area contributed by atoms with E-state index >= 15 is 0 Å². The van der Waals surface area contributed by atoms with Crippen molar-refractivity contribution in [3.63, 3.8) is 0 Å². The number of rotatable bonds is 7. The fraction of sp³-hybridized carbons (Fsp3) is 0.417. The highest BCUT2D eigenvalue weighted by molar-refractivity contribution is 9.10. The molecule has 0 aliphatic rings. The number of carbonyl (C=O) groups is 1. The number of nitrogens with zero attached hydrogens (tertiary/aromatic N) is 1. The number of hydrogen-bond acceptors (Lipinski definition) is 5. The molecule has 0 fully saturated rings. The lowest BCUT2D eigenvalue weighted by molar-refractivity contribution is -0.386. The van der Waals surface area contributed by atoms with Crippen LogP contribution in [0.2, 0.25) is 0 Å². The molecule has 0 aromatic heterocycles. The third-order valence-corrected chi connectivity index (χ3v) is 3.22. The Morgan fingerprint density at radius 2 is 2.25 bits per heavy atom. The topological polar surface area (TPSA) is 107 Å². The van der Waals surface area contributed by atoms with Gasteiger partial charge in [-0.05, 0) is 25.6 Å². The highest BCUT2D eigenvalue weighted by Crippen LogP contribution is 2.34. The van der Waals surface area contributed by atoms with Gasteiger partial charge in [-0.2, -0.15) is 0 Å². The molecule has 7 nitrogen and oxygen atoms in total. The Labute approximate surface area is 124 Å². The second kappa shape index (κ2) is 7.20. The van der Waals surface area contributed by atoms with Crippen LogP contribution in [0.15, 0.2) is 16.6 Å². The van der Waals surface area contributed by atoms with Gasteiger partial charge in [-0.25, -0.2) is 0 Å². The molecule has 8 heteroatoms. The van der Waals surface area contributed by atoms with E-state index in [1.165, 1.54) is 6.07 Å². The predicted molar refractivity (Wildman–Crippen MR) is 77.7 cm³/mol. The van der Waals surface area contributed by atoms with Gasteiger partial charge in [0.25, 0.3) is 0 Å². The first-order valence-corrected chi connectivity index (χ1v) is 6.70.